The van der Waals surface area contributed by atoms with Crippen molar-refractivity contribution in [3.8, 4) is 0 Å². The van der Waals surface area contributed by atoms with Crippen molar-refractivity contribution < 1.29 is 23.5 Å². The lowest BCUT2D eigenvalue weighted by Gasteiger charge is -2.43. The summed E-state index contributed by atoms with van der Waals surface area (Å²) in [4.78, 5) is 24.6. The lowest BCUT2D eigenvalue weighted by Crippen LogP contribution is -2.67. The van der Waals surface area contributed by atoms with E-state index in [1.807, 2.05) is 45.0 Å². The van der Waals surface area contributed by atoms with E-state index in [1.165, 1.54) is 17.5 Å². The third-order valence-corrected chi connectivity index (χ3v) is 11.7. The van der Waals surface area contributed by atoms with E-state index in [0.29, 0.717) is 25.3 Å². The molecule has 0 unspecified atom stereocenters. The van der Waals surface area contributed by atoms with Crippen molar-refractivity contribution in [3.05, 3.63) is 96.1 Å². The van der Waals surface area contributed by atoms with Gasteiger partial charge in [0, 0.05) is 13.1 Å². The van der Waals surface area contributed by atoms with Crippen molar-refractivity contribution in [2.75, 3.05) is 20.3 Å². The highest BCUT2D eigenvalue weighted by Crippen LogP contribution is 2.36. The number of rotatable bonds is 11. The van der Waals surface area contributed by atoms with Gasteiger partial charge < -0.3 is 24.5 Å². The third-order valence-electron chi connectivity index (χ3n) is 6.73. The Balaban J connectivity index is 1.85. The maximum Gasteiger partial charge on any atom is 0.407 e. The third kappa shape index (κ3) is 8.76. The van der Waals surface area contributed by atoms with Gasteiger partial charge in [-0.3, -0.25) is 0 Å². The van der Waals surface area contributed by atoms with Gasteiger partial charge in [-0.2, -0.15) is 0 Å². The van der Waals surface area contributed by atoms with Crippen LogP contribution < -0.4 is 21.0 Å². The second kappa shape index (κ2) is 13.9. The molecule has 3 rings (SSSR count). The molecule has 1 amide bonds. The van der Waals surface area contributed by atoms with Crippen molar-refractivity contribution in [3.63, 3.8) is 0 Å². The fourth-order valence-electron chi connectivity index (χ4n) is 4.88. The number of benzene rings is 3. The van der Waals surface area contributed by atoms with E-state index >= 15 is 0 Å². The van der Waals surface area contributed by atoms with Gasteiger partial charge in [0.05, 0.1) is 25.3 Å². The van der Waals surface area contributed by atoms with Crippen molar-refractivity contribution >= 4 is 30.8 Å². The first kappa shape index (κ1) is 32.1. The lowest BCUT2D eigenvalue weighted by atomic mass is 10.1. The molecule has 2 N–H and O–H groups in total. The van der Waals surface area contributed by atoms with E-state index in [1.54, 1.807) is 12.1 Å². The molecular formula is C33H44N2O5Si. The van der Waals surface area contributed by atoms with Crippen LogP contribution in [0.1, 0.15) is 57.5 Å². The lowest BCUT2D eigenvalue weighted by molar-refractivity contribution is 0.0485. The molecule has 0 saturated heterocycles. The quantitative estimate of drug-likeness (QED) is 0.246. The molecule has 0 heterocycles. The summed E-state index contributed by atoms with van der Waals surface area (Å²) in [6.45, 7) is 13.5. The molecule has 7 nitrogen and oxygen atoms in total. The Bertz CT molecular complexity index is 1210. The summed E-state index contributed by atoms with van der Waals surface area (Å²) in [5.41, 5.74) is 0.878. The smallest absolute Gasteiger partial charge is 0.407 e. The molecule has 0 bridgehead atoms. The average Bonchev–Trinajstić information content (AvgIpc) is 2.92. The van der Waals surface area contributed by atoms with Crippen LogP contribution in [0, 0.1) is 0 Å². The first-order valence-corrected chi connectivity index (χ1v) is 15.9. The van der Waals surface area contributed by atoms with Crippen LogP contribution >= 0.6 is 0 Å². The molecule has 8 heteroatoms. The predicted octanol–water partition coefficient (Wildman–Crippen LogP) is 5.03. The molecule has 220 valence electrons. The molecule has 0 saturated carbocycles. The molecule has 0 aliphatic heterocycles. The number of hydrogen-bond acceptors (Lipinski definition) is 6. The van der Waals surface area contributed by atoms with Crippen molar-refractivity contribution in [1.29, 1.82) is 0 Å². The van der Waals surface area contributed by atoms with Crippen LogP contribution in [-0.2, 0) is 20.4 Å². The maximum absolute atomic E-state index is 12.8. The molecule has 3 aromatic carbocycles. The van der Waals surface area contributed by atoms with E-state index in [-0.39, 0.29) is 17.0 Å². The normalized spacial score (nSPS) is 12.9. The van der Waals surface area contributed by atoms with E-state index in [4.69, 9.17) is 13.9 Å². The van der Waals surface area contributed by atoms with Gasteiger partial charge in [-0.1, -0.05) is 93.6 Å². The van der Waals surface area contributed by atoms with Crippen LogP contribution in [0.2, 0.25) is 5.04 Å². The Morgan fingerprint density at radius 2 is 1.34 bits per heavy atom. The van der Waals surface area contributed by atoms with Gasteiger partial charge in [0.2, 0.25) is 0 Å². The highest BCUT2D eigenvalue weighted by molar-refractivity contribution is 6.99. The van der Waals surface area contributed by atoms with Crippen LogP contribution in [-0.4, -0.2) is 52.3 Å². The first-order chi connectivity index (χ1) is 19.4. The summed E-state index contributed by atoms with van der Waals surface area (Å²) in [5.74, 6) is -0.369. The van der Waals surface area contributed by atoms with E-state index in [0.717, 1.165) is 5.56 Å². The fraction of sp³-hybridized carbons (Fsp3) is 0.394. The number of carbonyl (C=O) groups is 2. The summed E-state index contributed by atoms with van der Waals surface area (Å²) in [7, 11) is -1.43. The van der Waals surface area contributed by atoms with Crippen molar-refractivity contribution in [2.45, 2.75) is 64.8 Å². The SMILES string of the molecule is COC(=O)c1ccc(CNC[C@@H](CO[Si](c2ccccc2)(c2ccccc2)C(C)(C)C)NC(=O)OC(C)(C)C)cc1. The Hall–Kier alpha value is -3.46. The number of esters is 1. The van der Waals surface area contributed by atoms with Gasteiger partial charge in [0.1, 0.15) is 5.60 Å². The maximum atomic E-state index is 12.8. The number of ether oxygens (including phenoxy) is 2. The Morgan fingerprint density at radius 1 is 0.805 bits per heavy atom. The highest BCUT2D eigenvalue weighted by Gasteiger charge is 2.50. The van der Waals surface area contributed by atoms with Crippen LogP contribution in [0.3, 0.4) is 0 Å². The van der Waals surface area contributed by atoms with Gasteiger partial charge in [0.25, 0.3) is 8.32 Å². The molecule has 41 heavy (non-hydrogen) atoms. The minimum atomic E-state index is -2.80. The molecule has 0 aliphatic rings. The number of methoxy groups -OCH3 is 1. The molecule has 0 radical (unpaired) electrons. The van der Waals surface area contributed by atoms with Crippen molar-refractivity contribution in [2.24, 2.45) is 0 Å². The van der Waals surface area contributed by atoms with Gasteiger partial charge in [0.15, 0.2) is 0 Å². The minimum Gasteiger partial charge on any atom is -0.465 e. The number of carbonyl (C=O) groups excluding carboxylic acids is 2. The summed E-state index contributed by atoms with van der Waals surface area (Å²) < 4.78 is 17.5. The van der Waals surface area contributed by atoms with Gasteiger partial charge >= 0.3 is 12.1 Å². The summed E-state index contributed by atoms with van der Waals surface area (Å²) in [5, 5.41) is 8.62. The van der Waals surface area contributed by atoms with Crippen LogP contribution in [0.25, 0.3) is 0 Å². The first-order valence-electron chi connectivity index (χ1n) is 14.0. The molecular weight excluding hydrogens is 532 g/mol. The fourth-order valence-corrected chi connectivity index (χ4v) is 9.49. The standard InChI is InChI=1S/C33H44N2O5Si/c1-32(2,3)40-31(37)35-27(23-34-22-25-18-20-26(21-19-25)30(36)38-7)24-39-41(33(4,5)6,28-14-10-8-11-15-28)29-16-12-9-13-17-29/h8-21,27,34H,22-24H2,1-7H3,(H,35,37)/t27-/m0/s1. The number of hydrogen-bond donors (Lipinski definition) is 2. The Morgan fingerprint density at radius 3 is 1.80 bits per heavy atom. The van der Waals surface area contributed by atoms with Gasteiger partial charge in [-0.05, 0) is 53.9 Å². The van der Waals surface area contributed by atoms with E-state index < -0.39 is 20.0 Å². The zero-order valence-electron chi connectivity index (χ0n) is 25.3. The molecule has 3 aromatic rings. The summed E-state index contributed by atoms with van der Waals surface area (Å²) in [6.07, 6.45) is -0.488. The molecule has 0 spiro atoms. The largest absolute Gasteiger partial charge is 0.465 e. The highest BCUT2D eigenvalue weighted by atomic mass is 28.4. The van der Waals surface area contributed by atoms with E-state index in [2.05, 4.69) is 79.9 Å². The van der Waals surface area contributed by atoms with Crippen LogP contribution in [0.4, 0.5) is 4.79 Å². The van der Waals surface area contributed by atoms with Gasteiger partial charge in [-0.15, -0.1) is 0 Å². The second-order valence-corrected chi connectivity index (χ2v) is 16.4. The molecule has 0 aromatic heterocycles. The van der Waals surface area contributed by atoms with Crippen molar-refractivity contribution in [1.82, 2.24) is 10.6 Å². The predicted molar refractivity (Wildman–Crippen MR) is 166 cm³/mol. The number of nitrogens with one attached hydrogen (secondary N) is 2. The zero-order valence-corrected chi connectivity index (χ0v) is 26.3. The Kier molecular flexibility index (Phi) is 10.9. The molecule has 1 atom stereocenters. The topological polar surface area (TPSA) is 85.9 Å². The molecule has 0 aliphatic carbocycles. The second-order valence-electron chi connectivity index (χ2n) is 12.1. The molecule has 0 fully saturated rings. The van der Waals surface area contributed by atoms with Crippen LogP contribution in [0.15, 0.2) is 84.9 Å². The van der Waals surface area contributed by atoms with Gasteiger partial charge in [-0.25, -0.2) is 9.59 Å². The average molecular weight is 577 g/mol. The summed E-state index contributed by atoms with van der Waals surface area (Å²) >= 11 is 0. The zero-order chi connectivity index (χ0) is 30.1. The number of alkyl carbamates (subject to hydrolysis) is 1. The minimum absolute atomic E-state index is 0.193. The van der Waals surface area contributed by atoms with E-state index in [9.17, 15) is 9.59 Å². The van der Waals surface area contributed by atoms with Crippen LogP contribution in [0.5, 0.6) is 0 Å². The monoisotopic (exact) mass is 576 g/mol. The Labute approximate surface area is 245 Å². The summed E-state index contributed by atoms with van der Waals surface area (Å²) in [6, 6.07) is 27.7. The number of amides is 1.